The minimum atomic E-state index is -0.0444. The van der Waals surface area contributed by atoms with Gasteiger partial charge in [-0.1, -0.05) is 11.3 Å². The highest BCUT2D eigenvalue weighted by molar-refractivity contribution is 7.07. The number of hydrogen-bond acceptors (Lipinski definition) is 5. The second-order valence-electron chi connectivity index (χ2n) is 3.00. The predicted octanol–water partition coefficient (Wildman–Crippen LogP) is 1.03. The number of nitrogen functional groups attached to an aromatic ring is 1. The molecule has 0 radical (unpaired) electrons. The van der Waals surface area contributed by atoms with Crippen molar-refractivity contribution in [2.75, 3.05) is 11.1 Å². The van der Waals surface area contributed by atoms with Crippen molar-refractivity contribution in [1.82, 2.24) is 9.97 Å². The number of anilines is 2. The fraction of sp³-hybridized carbons (Fsp3) is 0.111. The molecule has 2 heterocycles. The van der Waals surface area contributed by atoms with Crippen LogP contribution in [0.5, 0.6) is 0 Å². The number of rotatable bonds is 3. The maximum Gasteiger partial charge on any atom is 0.304 e. The van der Waals surface area contributed by atoms with Gasteiger partial charge in [-0.2, -0.15) is 0 Å². The Morgan fingerprint density at radius 2 is 2.40 bits per heavy atom. The zero-order valence-electron chi connectivity index (χ0n) is 7.86. The van der Waals surface area contributed by atoms with Gasteiger partial charge < -0.3 is 16.0 Å². The van der Waals surface area contributed by atoms with Crippen molar-refractivity contribution in [1.29, 1.82) is 0 Å². The molecule has 6 heteroatoms. The molecule has 2 rings (SSSR count). The van der Waals surface area contributed by atoms with Crippen LogP contribution in [0.1, 0.15) is 5.69 Å². The summed E-state index contributed by atoms with van der Waals surface area (Å²) in [5, 5.41) is 4.86. The number of hydrogen-bond donors (Lipinski definition) is 3. The van der Waals surface area contributed by atoms with Gasteiger partial charge >= 0.3 is 4.87 Å². The van der Waals surface area contributed by atoms with Crippen LogP contribution < -0.4 is 15.9 Å². The SMILES string of the molecule is Nc1ccc(NCc2csc(=O)[nH]2)nc1. The molecule has 2 aromatic rings. The van der Waals surface area contributed by atoms with Gasteiger partial charge in [-0.15, -0.1) is 0 Å². The molecule has 0 atom stereocenters. The first-order valence-corrected chi connectivity index (χ1v) is 5.24. The Morgan fingerprint density at radius 1 is 1.53 bits per heavy atom. The molecule has 78 valence electrons. The summed E-state index contributed by atoms with van der Waals surface area (Å²) in [6.45, 7) is 0.551. The number of nitrogens with one attached hydrogen (secondary N) is 2. The molecule has 4 N–H and O–H groups in total. The molecule has 0 saturated heterocycles. The Bertz CT molecular complexity index is 487. The van der Waals surface area contributed by atoms with Gasteiger partial charge in [0.05, 0.1) is 18.4 Å². The van der Waals surface area contributed by atoms with Crippen LogP contribution in [0.2, 0.25) is 0 Å². The van der Waals surface area contributed by atoms with E-state index in [-0.39, 0.29) is 4.87 Å². The van der Waals surface area contributed by atoms with E-state index in [0.717, 1.165) is 22.8 Å². The summed E-state index contributed by atoms with van der Waals surface area (Å²) in [6.07, 6.45) is 1.58. The fourth-order valence-electron chi connectivity index (χ4n) is 1.10. The molecule has 0 spiro atoms. The van der Waals surface area contributed by atoms with Crippen molar-refractivity contribution < 1.29 is 0 Å². The summed E-state index contributed by atoms with van der Waals surface area (Å²) < 4.78 is 0. The van der Waals surface area contributed by atoms with E-state index < -0.39 is 0 Å². The highest BCUT2D eigenvalue weighted by Crippen LogP contribution is 2.07. The van der Waals surface area contributed by atoms with Crippen LogP contribution in [0.3, 0.4) is 0 Å². The lowest BCUT2D eigenvalue weighted by atomic mass is 10.4. The third-order valence-electron chi connectivity index (χ3n) is 1.82. The first-order chi connectivity index (χ1) is 7.24. The van der Waals surface area contributed by atoms with Gasteiger partial charge in [0.1, 0.15) is 5.82 Å². The van der Waals surface area contributed by atoms with Crippen LogP contribution >= 0.6 is 11.3 Å². The van der Waals surface area contributed by atoms with Gasteiger partial charge in [-0.05, 0) is 12.1 Å². The highest BCUT2D eigenvalue weighted by atomic mass is 32.1. The lowest BCUT2D eigenvalue weighted by Crippen LogP contribution is -2.04. The van der Waals surface area contributed by atoms with Crippen LogP contribution in [0.4, 0.5) is 11.5 Å². The van der Waals surface area contributed by atoms with E-state index >= 15 is 0 Å². The average molecular weight is 222 g/mol. The minimum Gasteiger partial charge on any atom is -0.397 e. The van der Waals surface area contributed by atoms with Gasteiger partial charge in [-0.25, -0.2) is 4.98 Å². The summed E-state index contributed by atoms with van der Waals surface area (Å²) in [4.78, 5) is 17.6. The Labute approximate surface area is 90.0 Å². The van der Waals surface area contributed by atoms with E-state index in [2.05, 4.69) is 15.3 Å². The van der Waals surface area contributed by atoms with Gasteiger partial charge in [0, 0.05) is 11.1 Å². The average Bonchev–Trinajstić information content (AvgIpc) is 2.64. The summed E-state index contributed by atoms with van der Waals surface area (Å²) in [6, 6.07) is 3.56. The third kappa shape index (κ3) is 2.57. The summed E-state index contributed by atoms with van der Waals surface area (Å²) >= 11 is 1.15. The molecule has 0 fully saturated rings. The molecular weight excluding hydrogens is 212 g/mol. The molecule has 0 unspecified atom stereocenters. The Kier molecular flexibility index (Phi) is 2.68. The lowest BCUT2D eigenvalue weighted by molar-refractivity contribution is 1.04. The van der Waals surface area contributed by atoms with Crippen LogP contribution in [0, 0.1) is 0 Å². The molecule has 0 aliphatic rings. The minimum absolute atomic E-state index is 0.0444. The lowest BCUT2D eigenvalue weighted by Gasteiger charge is -2.03. The van der Waals surface area contributed by atoms with E-state index in [9.17, 15) is 4.79 Å². The van der Waals surface area contributed by atoms with Crippen LogP contribution in [-0.2, 0) is 6.54 Å². The van der Waals surface area contributed by atoms with E-state index in [0.29, 0.717) is 12.2 Å². The quantitative estimate of drug-likeness (QED) is 0.724. The third-order valence-corrected chi connectivity index (χ3v) is 2.54. The predicted molar refractivity (Wildman–Crippen MR) is 60.9 cm³/mol. The zero-order valence-corrected chi connectivity index (χ0v) is 8.67. The number of pyridine rings is 1. The normalized spacial score (nSPS) is 10.1. The molecule has 0 saturated carbocycles. The van der Waals surface area contributed by atoms with Crippen molar-refractivity contribution in [3.8, 4) is 0 Å². The van der Waals surface area contributed by atoms with E-state index in [4.69, 9.17) is 5.73 Å². The summed E-state index contributed by atoms with van der Waals surface area (Å²) in [5.41, 5.74) is 6.98. The van der Waals surface area contributed by atoms with Gasteiger partial charge in [0.25, 0.3) is 0 Å². The topological polar surface area (TPSA) is 83.8 Å². The second kappa shape index (κ2) is 4.14. The van der Waals surface area contributed by atoms with E-state index in [1.54, 1.807) is 23.7 Å². The van der Waals surface area contributed by atoms with Crippen molar-refractivity contribution in [2.24, 2.45) is 0 Å². The monoisotopic (exact) mass is 222 g/mol. The summed E-state index contributed by atoms with van der Waals surface area (Å²) in [5.74, 6) is 0.733. The van der Waals surface area contributed by atoms with E-state index in [1.165, 1.54) is 0 Å². The molecule has 0 bridgehead atoms. The number of nitrogens with two attached hydrogens (primary N) is 1. The molecule has 0 aliphatic carbocycles. The largest absolute Gasteiger partial charge is 0.397 e. The summed E-state index contributed by atoms with van der Waals surface area (Å²) in [7, 11) is 0. The Hall–Kier alpha value is -1.82. The zero-order chi connectivity index (χ0) is 10.7. The number of aromatic amines is 1. The van der Waals surface area contributed by atoms with Gasteiger partial charge in [0.15, 0.2) is 0 Å². The van der Waals surface area contributed by atoms with Crippen LogP contribution in [0.15, 0.2) is 28.5 Å². The maximum absolute atomic E-state index is 10.8. The van der Waals surface area contributed by atoms with Crippen LogP contribution in [0.25, 0.3) is 0 Å². The van der Waals surface area contributed by atoms with Gasteiger partial charge in [-0.3, -0.25) is 4.79 Å². The van der Waals surface area contributed by atoms with E-state index in [1.807, 2.05) is 0 Å². The maximum atomic E-state index is 10.8. The standard InChI is InChI=1S/C9H10N4OS/c10-6-1-2-8(11-3-6)12-4-7-5-15-9(14)13-7/h1-3,5H,4,10H2,(H,11,12)(H,13,14). The molecule has 5 nitrogen and oxygen atoms in total. The first-order valence-electron chi connectivity index (χ1n) is 4.36. The molecule has 15 heavy (non-hydrogen) atoms. The van der Waals surface area contributed by atoms with Crippen molar-refractivity contribution in [3.63, 3.8) is 0 Å². The van der Waals surface area contributed by atoms with Crippen molar-refractivity contribution in [3.05, 3.63) is 39.1 Å². The number of thiazole rings is 1. The molecule has 2 aromatic heterocycles. The number of H-pyrrole nitrogens is 1. The van der Waals surface area contributed by atoms with Gasteiger partial charge in [0.2, 0.25) is 0 Å². The number of aromatic nitrogens is 2. The second-order valence-corrected chi connectivity index (χ2v) is 3.85. The smallest absolute Gasteiger partial charge is 0.304 e. The van der Waals surface area contributed by atoms with Crippen LogP contribution in [-0.4, -0.2) is 9.97 Å². The highest BCUT2D eigenvalue weighted by Gasteiger charge is 1.97. The Balaban J connectivity index is 1.99. The van der Waals surface area contributed by atoms with Crippen molar-refractivity contribution in [2.45, 2.75) is 6.54 Å². The molecule has 0 amide bonds. The number of nitrogens with zero attached hydrogens (tertiary/aromatic N) is 1. The van der Waals surface area contributed by atoms with Crippen molar-refractivity contribution >= 4 is 22.8 Å². The first kappa shape index (κ1) is 9.72. The fourth-order valence-corrected chi connectivity index (χ4v) is 1.68. The molecule has 0 aliphatic heterocycles. The molecular formula is C9H10N4OS. The molecule has 0 aromatic carbocycles. The Morgan fingerprint density at radius 3 is 3.00 bits per heavy atom.